The van der Waals surface area contributed by atoms with Crippen LogP contribution >= 0.6 is 0 Å². The van der Waals surface area contributed by atoms with Crippen LogP contribution in [0.5, 0.6) is 0 Å². The Hall–Kier alpha value is -1.80. The molecule has 0 heterocycles. The maximum absolute atomic E-state index is 12.8. The molecular formula is C12H16F3N3O2. The molecule has 1 aromatic rings. The first-order valence-electron chi connectivity index (χ1n) is 5.81. The van der Waals surface area contributed by atoms with Gasteiger partial charge in [-0.25, -0.2) is 0 Å². The van der Waals surface area contributed by atoms with Crippen molar-refractivity contribution in [3.05, 3.63) is 29.3 Å². The Balaban J connectivity index is 2.99. The van der Waals surface area contributed by atoms with Crippen LogP contribution in [-0.2, 0) is 6.18 Å². The van der Waals surface area contributed by atoms with Crippen LogP contribution in [0.4, 0.5) is 18.9 Å². The third-order valence-electron chi connectivity index (χ3n) is 2.75. The van der Waals surface area contributed by atoms with Gasteiger partial charge in [-0.1, -0.05) is 0 Å². The molecule has 1 aromatic carbocycles. The van der Waals surface area contributed by atoms with Gasteiger partial charge >= 0.3 is 6.18 Å². The molecule has 0 saturated heterocycles. The molecule has 0 bridgehead atoms. The summed E-state index contributed by atoms with van der Waals surface area (Å²) in [6.07, 6.45) is -5.48. The Kier molecular flexibility index (Phi) is 4.96. The van der Waals surface area contributed by atoms with Crippen LogP contribution in [0.2, 0.25) is 0 Å². The van der Waals surface area contributed by atoms with Gasteiger partial charge in [0, 0.05) is 18.3 Å². The number of alkyl halides is 3. The molecule has 0 radical (unpaired) electrons. The molecule has 0 aliphatic heterocycles. The van der Waals surface area contributed by atoms with Gasteiger partial charge in [0.1, 0.15) is 0 Å². The molecule has 5 nitrogen and oxygen atoms in total. The lowest BCUT2D eigenvalue weighted by Gasteiger charge is -2.18. The lowest BCUT2D eigenvalue weighted by molar-refractivity contribution is -0.137. The third-order valence-corrected chi connectivity index (χ3v) is 2.75. The van der Waals surface area contributed by atoms with Gasteiger partial charge in [-0.3, -0.25) is 4.79 Å². The zero-order valence-electron chi connectivity index (χ0n) is 10.7. The SMILES string of the molecule is CC(O)C(N)CNc1ccc(C(N)=O)c(C(F)(F)F)c1. The Bertz CT molecular complexity index is 489. The standard InChI is InChI=1S/C12H16F3N3O2/c1-6(19)10(16)5-18-7-2-3-8(11(17)20)9(4-7)12(13,14)15/h2-4,6,10,18-19H,5,16H2,1H3,(H2,17,20). The maximum atomic E-state index is 12.8. The van der Waals surface area contributed by atoms with Crippen LogP contribution < -0.4 is 16.8 Å². The molecule has 1 amide bonds. The molecule has 1 rings (SSSR count). The van der Waals surface area contributed by atoms with E-state index in [1.807, 2.05) is 0 Å². The van der Waals surface area contributed by atoms with Gasteiger partial charge in [-0.05, 0) is 25.1 Å². The topological polar surface area (TPSA) is 101 Å². The van der Waals surface area contributed by atoms with E-state index in [2.05, 4.69) is 5.32 Å². The predicted molar refractivity (Wildman–Crippen MR) is 68.1 cm³/mol. The average Bonchev–Trinajstić information content (AvgIpc) is 2.34. The van der Waals surface area contributed by atoms with Gasteiger partial charge in [0.05, 0.1) is 17.2 Å². The number of aliphatic hydroxyl groups is 1. The van der Waals surface area contributed by atoms with Gasteiger partial charge in [-0.2, -0.15) is 13.2 Å². The van der Waals surface area contributed by atoms with Gasteiger partial charge in [0.25, 0.3) is 0 Å². The van der Waals surface area contributed by atoms with E-state index in [9.17, 15) is 23.1 Å². The number of benzene rings is 1. The van der Waals surface area contributed by atoms with Crippen LogP contribution in [0.25, 0.3) is 0 Å². The van der Waals surface area contributed by atoms with E-state index in [-0.39, 0.29) is 12.2 Å². The summed E-state index contributed by atoms with van der Waals surface area (Å²) >= 11 is 0. The first-order valence-corrected chi connectivity index (χ1v) is 5.81. The molecular weight excluding hydrogens is 275 g/mol. The van der Waals surface area contributed by atoms with E-state index in [1.54, 1.807) is 0 Å². The minimum Gasteiger partial charge on any atom is -0.392 e. The number of aliphatic hydroxyl groups excluding tert-OH is 1. The van der Waals surface area contributed by atoms with Crippen molar-refractivity contribution in [3.8, 4) is 0 Å². The van der Waals surface area contributed by atoms with Crippen LogP contribution in [-0.4, -0.2) is 29.7 Å². The summed E-state index contributed by atoms with van der Waals surface area (Å²) in [7, 11) is 0. The quantitative estimate of drug-likeness (QED) is 0.648. The molecule has 2 atom stereocenters. The summed E-state index contributed by atoms with van der Waals surface area (Å²) < 4.78 is 38.4. The van der Waals surface area contributed by atoms with E-state index >= 15 is 0 Å². The number of carbonyl (C=O) groups excluding carboxylic acids is 1. The highest BCUT2D eigenvalue weighted by atomic mass is 19.4. The minimum absolute atomic E-state index is 0.0882. The largest absolute Gasteiger partial charge is 0.417 e. The first-order chi connectivity index (χ1) is 9.12. The van der Waals surface area contributed by atoms with E-state index in [0.29, 0.717) is 0 Å². The molecule has 2 unspecified atom stereocenters. The van der Waals surface area contributed by atoms with Gasteiger partial charge in [-0.15, -0.1) is 0 Å². The molecule has 6 N–H and O–H groups in total. The lowest BCUT2D eigenvalue weighted by atomic mass is 10.1. The number of hydrogen-bond acceptors (Lipinski definition) is 4. The van der Waals surface area contributed by atoms with Gasteiger partial charge in [0.2, 0.25) is 5.91 Å². The highest BCUT2D eigenvalue weighted by molar-refractivity contribution is 5.95. The molecule has 112 valence electrons. The minimum atomic E-state index is -4.69. The maximum Gasteiger partial charge on any atom is 0.417 e. The molecule has 8 heteroatoms. The number of anilines is 1. The summed E-state index contributed by atoms with van der Waals surface area (Å²) in [5.74, 6) is -1.15. The monoisotopic (exact) mass is 291 g/mol. The highest BCUT2D eigenvalue weighted by Crippen LogP contribution is 2.33. The van der Waals surface area contributed by atoms with E-state index in [0.717, 1.165) is 12.1 Å². The number of carbonyl (C=O) groups is 1. The van der Waals surface area contributed by atoms with Crippen LogP contribution in [0.3, 0.4) is 0 Å². The number of nitrogens with two attached hydrogens (primary N) is 2. The number of nitrogens with one attached hydrogen (secondary N) is 1. The third kappa shape index (κ3) is 4.10. The van der Waals surface area contributed by atoms with Crippen molar-refractivity contribution in [1.82, 2.24) is 0 Å². The first kappa shape index (κ1) is 16.3. The lowest BCUT2D eigenvalue weighted by Crippen LogP contribution is -2.38. The Morgan fingerprint density at radius 1 is 1.45 bits per heavy atom. The van der Waals surface area contributed by atoms with E-state index in [1.165, 1.54) is 13.0 Å². The van der Waals surface area contributed by atoms with Crippen molar-refractivity contribution in [2.75, 3.05) is 11.9 Å². The molecule has 0 saturated carbocycles. The number of hydrogen-bond donors (Lipinski definition) is 4. The summed E-state index contributed by atoms with van der Waals surface area (Å²) in [6.45, 7) is 1.56. The molecule has 20 heavy (non-hydrogen) atoms. The number of halogens is 3. The molecule has 0 aliphatic rings. The summed E-state index contributed by atoms with van der Waals surface area (Å²) in [5, 5.41) is 11.9. The van der Waals surface area contributed by atoms with E-state index in [4.69, 9.17) is 11.5 Å². The zero-order chi connectivity index (χ0) is 15.5. The molecule has 0 fully saturated rings. The number of primary amides is 1. The van der Waals surface area contributed by atoms with Crippen molar-refractivity contribution >= 4 is 11.6 Å². The van der Waals surface area contributed by atoms with Crippen LogP contribution in [0.1, 0.15) is 22.8 Å². The number of rotatable bonds is 5. The van der Waals surface area contributed by atoms with Crippen molar-refractivity contribution in [2.45, 2.75) is 25.2 Å². The Morgan fingerprint density at radius 3 is 2.50 bits per heavy atom. The van der Waals surface area contributed by atoms with Gasteiger partial charge < -0.3 is 21.9 Å². The summed E-state index contributed by atoms with van der Waals surface area (Å²) in [5.41, 5.74) is 8.90. The van der Waals surface area contributed by atoms with Crippen molar-refractivity contribution in [1.29, 1.82) is 0 Å². The highest BCUT2D eigenvalue weighted by Gasteiger charge is 2.35. The normalized spacial score (nSPS) is 14.7. The predicted octanol–water partition coefficient (Wildman–Crippen LogP) is 0.924. The van der Waals surface area contributed by atoms with Gasteiger partial charge in [0.15, 0.2) is 0 Å². The summed E-state index contributed by atoms with van der Waals surface area (Å²) in [4.78, 5) is 11.0. The van der Waals surface area contributed by atoms with Crippen molar-refractivity contribution in [2.24, 2.45) is 11.5 Å². The van der Waals surface area contributed by atoms with Crippen LogP contribution in [0.15, 0.2) is 18.2 Å². The van der Waals surface area contributed by atoms with E-state index < -0.39 is 35.4 Å². The average molecular weight is 291 g/mol. The Labute approximate surface area is 113 Å². The second kappa shape index (κ2) is 6.10. The smallest absolute Gasteiger partial charge is 0.392 e. The fourth-order valence-corrected chi connectivity index (χ4v) is 1.51. The fourth-order valence-electron chi connectivity index (χ4n) is 1.51. The van der Waals surface area contributed by atoms with Crippen molar-refractivity contribution < 1.29 is 23.1 Å². The Morgan fingerprint density at radius 2 is 2.05 bits per heavy atom. The molecule has 0 aliphatic carbocycles. The molecule has 0 aromatic heterocycles. The van der Waals surface area contributed by atoms with Crippen molar-refractivity contribution in [3.63, 3.8) is 0 Å². The number of amides is 1. The summed E-state index contributed by atoms with van der Waals surface area (Å²) in [6, 6.07) is 2.46. The van der Waals surface area contributed by atoms with Crippen LogP contribution in [0, 0.1) is 0 Å². The zero-order valence-corrected chi connectivity index (χ0v) is 10.7. The second-order valence-corrected chi connectivity index (χ2v) is 4.41. The molecule has 0 spiro atoms. The fraction of sp³-hybridized carbons (Fsp3) is 0.417. The second-order valence-electron chi connectivity index (χ2n) is 4.41.